The number of halogens is 1. The second-order valence-corrected chi connectivity index (χ2v) is 4.40. The van der Waals surface area contributed by atoms with E-state index in [9.17, 15) is 5.11 Å². The lowest BCUT2D eigenvalue weighted by atomic mass is 10.2. The normalized spacial score (nSPS) is 10.6. The Morgan fingerprint density at radius 3 is 2.60 bits per heavy atom. The molecule has 0 saturated heterocycles. The van der Waals surface area contributed by atoms with Gasteiger partial charge in [-0.3, -0.25) is 0 Å². The van der Waals surface area contributed by atoms with E-state index in [0.717, 1.165) is 0 Å². The zero-order chi connectivity index (χ0) is 14.5. The van der Waals surface area contributed by atoms with Gasteiger partial charge in [0.25, 0.3) is 0 Å². The minimum Gasteiger partial charge on any atom is -0.508 e. The number of hydrogen-bond acceptors (Lipinski definition) is 5. The monoisotopic (exact) mass is 287 g/mol. The molecule has 0 fully saturated rings. The summed E-state index contributed by atoms with van der Waals surface area (Å²) in [5, 5.41) is 35.7. The van der Waals surface area contributed by atoms with Crippen LogP contribution < -0.4 is 0 Å². The van der Waals surface area contributed by atoms with Gasteiger partial charge in [-0.1, -0.05) is 11.6 Å². The van der Waals surface area contributed by atoms with Crippen LogP contribution in [0.1, 0.15) is 11.1 Å². The van der Waals surface area contributed by atoms with Gasteiger partial charge in [-0.05, 0) is 30.3 Å². The highest BCUT2D eigenvalue weighted by atomic mass is 35.5. The molecule has 0 unspecified atom stereocenters. The van der Waals surface area contributed by atoms with E-state index in [1.807, 2.05) is 6.07 Å². The van der Waals surface area contributed by atoms with E-state index in [1.165, 1.54) is 18.2 Å². The molecule has 0 bridgehead atoms. The molecule has 0 aromatic heterocycles. The molecule has 20 heavy (non-hydrogen) atoms. The molecule has 5 nitrogen and oxygen atoms in total. The summed E-state index contributed by atoms with van der Waals surface area (Å²) in [7, 11) is 0. The van der Waals surface area contributed by atoms with Crippen molar-refractivity contribution in [1.82, 2.24) is 0 Å². The highest BCUT2D eigenvalue weighted by Gasteiger charge is 2.03. The summed E-state index contributed by atoms with van der Waals surface area (Å²) < 4.78 is 0. The van der Waals surface area contributed by atoms with Crippen molar-refractivity contribution in [1.29, 1.82) is 5.26 Å². The van der Waals surface area contributed by atoms with Crippen molar-refractivity contribution in [3.8, 4) is 17.6 Å². The zero-order valence-electron chi connectivity index (χ0n) is 10.3. The Hall–Kier alpha value is -2.58. The Labute approximate surface area is 120 Å². The molecule has 0 spiro atoms. The molecule has 0 heterocycles. The van der Waals surface area contributed by atoms with Crippen molar-refractivity contribution in [2.75, 3.05) is 0 Å². The molecule has 0 amide bonds. The molecule has 100 valence electrons. The average molecular weight is 288 g/mol. The van der Waals surface area contributed by atoms with Gasteiger partial charge in [0.2, 0.25) is 0 Å². The van der Waals surface area contributed by atoms with Crippen LogP contribution in [0.15, 0.2) is 46.6 Å². The fourth-order valence-corrected chi connectivity index (χ4v) is 1.75. The fraction of sp³-hybridized carbons (Fsp3) is 0.0714. The molecule has 0 saturated carbocycles. The smallest absolute Gasteiger partial charge is 0.124 e. The molecule has 0 aliphatic rings. The predicted octanol–water partition coefficient (Wildman–Crippen LogP) is 3.91. The summed E-state index contributed by atoms with van der Waals surface area (Å²) in [5.74, 6) is -0.0619. The largest absolute Gasteiger partial charge is 0.508 e. The first-order chi connectivity index (χ1) is 9.60. The highest BCUT2D eigenvalue weighted by Crippen LogP contribution is 2.27. The standard InChI is InChI=1S/C14H10ClN3O2/c15-12-5-9(7-16)1-4-13(12)18-17-8-10-2-3-11(19)6-14(10)20/h1-6,19-20H,8H2. The highest BCUT2D eigenvalue weighted by molar-refractivity contribution is 6.33. The van der Waals surface area contributed by atoms with Crippen LogP contribution in [0.5, 0.6) is 11.5 Å². The van der Waals surface area contributed by atoms with Gasteiger partial charge >= 0.3 is 0 Å². The van der Waals surface area contributed by atoms with Crippen molar-refractivity contribution >= 4 is 17.3 Å². The van der Waals surface area contributed by atoms with E-state index >= 15 is 0 Å². The van der Waals surface area contributed by atoms with E-state index in [2.05, 4.69) is 10.2 Å². The second kappa shape index (κ2) is 6.04. The van der Waals surface area contributed by atoms with Crippen LogP contribution in [-0.4, -0.2) is 10.2 Å². The maximum Gasteiger partial charge on any atom is 0.124 e. The predicted molar refractivity (Wildman–Crippen MR) is 74.2 cm³/mol. The molecular weight excluding hydrogens is 278 g/mol. The van der Waals surface area contributed by atoms with Crippen molar-refractivity contribution < 1.29 is 10.2 Å². The Bertz CT molecular complexity index is 708. The number of nitriles is 1. The summed E-state index contributed by atoms with van der Waals surface area (Å²) in [5.41, 5.74) is 1.44. The summed E-state index contributed by atoms with van der Waals surface area (Å²) in [6, 6.07) is 10.9. The third-order valence-electron chi connectivity index (χ3n) is 2.57. The van der Waals surface area contributed by atoms with Crippen molar-refractivity contribution in [2.24, 2.45) is 10.2 Å². The number of rotatable bonds is 3. The molecule has 0 radical (unpaired) electrons. The van der Waals surface area contributed by atoms with Crippen LogP contribution in [0.2, 0.25) is 5.02 Å². The maximum absolute atomic E-state index is 9.59. The number of phenols is 2. The van der Waals surface area contributed by atoms with Crippen LogP contribution in [0.25, 0.3) is 0 Å². The summed E-state index contributed by atoms with van der Waals surface area (Å²) >= 11 is 5.95. The SMILES string of the molecule is N#Cc1ccc(N=NCc2ccc(O)cc2O)c(Cl)c1. The number of hydrogen-bond donors (Lipinski definition) is 2. The molecule has 0 atom stereocenters. The van der Waals surface area contributed by atoms with Crippen LogP contribution >= 0.6 is 11.6 Å². The first-order valence-corrected chi connectivity index (χ1v) is 6.06. The lowest BCUT2D eigenvalue weighted by molar-refractivity contribution is 0.446. The molecule has 2 aromatic rings. The Morgan fingerprint density at radius 1 is 1.15 bits per heavy atom. The number of phenolic OH excluding ortho intramolecular Hbond substituents is 2. The van der Waals surface area contributed by atoms with Gasteiger partial charge in [-0.15, -0.1) is 0 Å². The third kappa shape index (κ3) is 3.25. The van der Waals surface area contributed by atoms with E-state index in [0.29, 0.717) is 21.8 Å². The minimum absolute atomic E-state index is 0.0154. The van der Waals surface area contributed by atoms with Gasteiger partial charge in [0, 0.05) is 11.6 Å². The van der Waals surface area contributed by atoms with Crippen LogP contribution in [0.4, 0.5) is 5.69 Å². The van der Waals surface area contributed by atoms with Gasteiger partial charge in [-0.25, -0.2) is 0 Å². The first kappa shape index (κ1) is 13.8. The molecule has 2 aromatic carbocycles. The topological polar surface area (TPSA) is 89.0 Å². The summed E-state index contributed by atoms with van der Waals surface area (Å²) in [4.78, 5) is 0. The number of benzene rings is 2. The molecule has 2 rings (SSSR count). The minimum atomic E-state index is -0.0464. The lowest BCUT2D eigenvalue weighted by Crippen LogP contribution is -1.81. The number of aromatic hydroxyl groups is 2. The van der Waals surface area contributed by atoms with Crippen molar-refractivity contribution in [2.45, 2.75) is 6.54 Å². The zero-order valence-corrected chi connectivity index (χ0v) is 11.0. The van der Waals surface area contributed by atoms with E-state index in [-0.39, 0.29) is 18.0 Å². The summed E-state index contributed by atoms with van der Waals surface area (Å²) in [6.07, 6.45) is 0. The number of nitrogens with zero attached hydrogens (tertiary/aromatic N) is 3. The second-order valence-electron chi connectivity index (χ2n) is 3.99. The van der Waals surface area contributed by atoms with Crippen LogP contribution in [0.3, 0.4) is 0 Å². The van der Waals surface area contributed by atoms with Gasteiger partial charge in [-0.2, -0.15) is 15.5 Å². The summed E-state index contributed by atoms with van der Waals surface area (Å²) in [6.45, 7) is 0.155. The van der Waals surface area contributed by atoms with Crippen LogP contribution in [-0.2, 0) is 6.54 Å². The number of azo groups is 1. The molecule has 0 aliphatic carbocycles. The van der Waals surface area contributed by atoms with Gasteiger partial charge in [0.1, 0.15) is 17.2 Å². The van der Waals surface area contributed by atoms with E-state index in [1.54, 1.807) is 18.2 Å². The first-order valence-electron chi connectivity index (χ1n) is 5.68. The Morgan fingerprint density at radius 2 is 1.95 bits per heavy atom. The third-order valence-corrected chi connectivity index (χ3v) is 2.87. The molecule has 2 N–H and O–H groups in total. The average Bonchev–Trinajstić information content (AvgIpc) is 2.42. The van der Waals surface area contributed by atoms with Crippen molar-refractivity contribution in [3.63, 3.8) is 0 Å². The van der Waals surface area contributed by atoms with Gasteiger partial charge < -0.3 is 10.2 Å². The fourth-order valence-electron chi connectivity index (χ4n) is 1.53. The Kier molecular flexibility index (Phi) is 4.18. The maximum atomic E-state index is 9.59. The molecular formula is C14H10ClN3O2. The quantitative estimate of drug-likeness (QED) is 0.839. The van der Waals surface area contributed by atoms with E-state index in [4.69, 9.17) is 22.0 Å². The van der Waals surface area contributed by atoms with Crippen LogP contribution in [0, 0.1) is 11.3 Å². The van der Waals surface area contributed by atoms with E-state index < -0.39 is 0 Å². The Balaban J connectivity index is 2.12. The molecule has 0 aliphatic heterocycles. The van der Waals surface area contributed by atoms with Crippen molar-refractivity contribution in [3.05, 3.63) is 52.5 Å². The lowest BCUT2D eigenvalue weighted by Gasteiger charge is -2.01. The molecule has 6 heteroatoms. The van der Waals surface area contributed by atoms with Gasteiger partial charge in [0.05, 0.1) is 23.2 Å². The van der Waals surface area contributed by atoms with Gasteiger partial charge in [0.15, 0.2) is 0 Å².